The first-order valence-corrected chi connectivity index (χ1v) is 17.4. The van der Waals surface area contributed by atoms with Gasteiger partial charge in [0.15, 0.2) is 0 Å². The first-order valence-electron chi connectivity index (χ1n) is 17.4. The largest absolute Gasteiger partial charge is 0.480 e. The fourth-order valence-electron chi connectivity index (χ4n) is 5.43. The Balaban J connectivity index is 2.89. The molecule has 1 saturated heterocycles. The zero-order chi connectivity index (χ0) is 39.5. The van der Waals surface area contributed by atoms with Crippen molar-refractivity contribution in [3.63, 3.8) is 0 Å². The molecular weight excluding hydrogens is 684 g/mol. The summed E-state index contributed by atoms with van der Waals surface area (Å²) in [5.41, 5.74) is 21.8. The maximum absolute atomic E-state index is 13.3. The van der Waals surface area contributed by atoms with E-state index in [2.05, 4.69) is 26.6 Å². The molecule has 0 aromatic rings. The number of likely N-dealkylation sites (tertiary alicyclic amines) is 1. The lowest BCUT2D eigenvalue weighted by atomic mass is 10.0. The lowest BCUT2D eigenvalue weighted by Crippen LogP contribution is -2.57. The Hall–Kier alpha value is -4.85. The molecule has 0 aromatic carbocycles. The third-order valence-corrected chi connectivity index (χ3v) is 8.27. The Morgan fingerprint density at radius 3 is 1.98 bits per heavy atom. The number of hydrogen-bond donors (Lipinski definition) is 10. The van der Waals surface area contributed by atoms with Gasteiger partial charge in [-0.3, -0.25) is 38.4 Å². The quantitative estimate of drug-likeness (QED) is 0.0426. The Morgan fingerprint density at radius 1 is 0.769 bits per heavy atom. The van der Waals surface area contributed by atoms with Gasteiger partial charge in [-0.25, -0.2) is 4.79 Å². The van der Waals surface area contributed by atoms with E-state index >= 15 is 0 Å². The molecular formula is C32H56N10O10. The van der Waals surface area contributed by atoms with Crippen LogP contribution in [-0.4, -0.2) is 119 Å². The predicted molar refractivity (Wildman–Crippen MR) is 186 cm³/mol. The summed E-state index contributed by atoms with van der Waals surface area (Å²) in [6.07, 6.45) is 1.44. The lowest BCUT2D eigenvalue weighted by molar-refractivity contribution is -0.142. The second-order valence-corrected chi connectivity index (χ2v) is 13.2. The van der Waals surface area contributed by atoms with Crippen LogP contribution in [0.15, 0.2) is 0 Å². The maximum Gasteiger partial charge on any atom is 0.326 e. The molecule has 0 spiro atoms. The van der Waals surface area contributed by atoms with E-state index in [-0.39, 0.29) is 57.4 Å². The number of nitrogens with two attached hydrogens (primary N) is 4. The van der Waals surface area contributed by atoms with Crippen LogP contribution in [0.4, 0.5) is 0 Å². The Bertz CT molecular complexity index is 1300. The van der Waals surface area contributed by atoms with Crippen LogP contribution in [0.25, 0.3) is 0 Å². The molecule has 0 radical (unpaired) electrons. The highest BCUT2D eigenvalue weighted by molar-refractivity contribution is 5.96. The van der Waals surface area contributed by atoms with Gasteiger partial charge in [0, 0.05) is 19.4 Å². The third kappa shape index (κ3) is 16.4. The molecule has 1 rings (SSSR count). The van der Waals surface area contributed by atoms with Crippen molar-refractivity contribution in [1.29, 1.82) is 0 Å². The van der Waals surface area contributed by atoms with Crippen LogP contribution < -0.4 is 49.5 Å². The molecule has 0 aliphatic carbocycles. The minimum absolute atomic E-state index is 0.0120. The van der Waals surface area contributed by atoms with Gasteiger partial charge in [-0.2, -0.15) is 0 Å². The van der Waals surface area contributed by atoms with Crippen molar-refractivity contribution in [3.05, 3.63) is 0 Å². The first-order chi connectivity index (χ1) is 24.4. The number of carboxylic acids is 1. The summed E-state index contributed by atoms with van der Waals surface area (Å²) < 4.78 is 0. The summed E-state index contributed by atoms with van der Waals surface area (Å²) in [5, 5.41) is 21.7. The summed E-state index contributed by atoms with van der Waals surface area (Å²) in [4.78, 5) is 113. The molecule has 1 fully saturated rings. The van der Waals surface area contributed by atoms with Gasteiger partial charge in [-0.15, -0.1) is 0 Å². The molecule has 1 aliphatic heterocycles. The van der Waals surface area contributed by atoms with Crippen molar-refractivity contribution in [2.24, 2.45) is 28.9 Å². The van der Waals surface area contributed by atoms with E-state index in [1.54, 1.807) is 13.8 Å². The fraction of sp³-hybridized carbons (Fsp3) is 0.719. The molecule has 294 valence electrons. The molecule has 0 unspecified atom stereocenters. The van der Waals surface area contributed by atoms with Crippen molar-refractivity contribution >= 4 is 53.2 Å². The van der Waals surface area contributed by atoms with Gasteiger partial charge in [0.05, 0.1) is 12.6 Å². The van der Waals surface area contributed by atoms with Crippen molar-refractivity contribution in [3.8, 4) is 0 Å². The van der Waals surface area contributed by atoms with E-state index in [0.717, 1.165) is 0 Å². The van der Waals surface area contributed by atoms with Crippen LogP contribution in [-0.2, 0) is 43.2 Å². The van der Waals surface area contributed by atoms with E-state index < -0.39 is 96.0 Å². The Morgan fingerprint density at radius 2 is 1.40 bits per heavy atom. The van der Waals surface area contributed by atoms with Crippen LogP contribution >= 0.6 is 0 Å². The van der Waals surface area contributed by atoms with Crippen LogP contribution in [0.3, 0.4) is 0 Å². The second-order valence-electron chi connectivity index (χ2n) is 13.2. The molecule has 14 N–H and O–H groups in total. The van der Waals surface area contributed by atoms with Gasteiger partial charge in [0.1, 0.15) is 30.2 Å². The zero-order valence-electron chi connectivity index (χ0n) is 30.1. The second kappa shape index (κ2) is 22.9. The van der Waals surface area contributed by atoms with Gasteiger partial charge in [0.25, 0.3) is 0 Å². The average molecular weight is 741 g/mol. The maximum atomic E-state index is 13.3. The van der Waals surface area contributed by atoms with Crippen LogP contribution in [0.1, 0.15) is 85.0 Å². The van der Waals surface area contributed by atoms with E-state index in [1.165, 1.54) is 11.8 Å². The highest BCUT2D eigenvalue weighted by Gasteiger charge is 2.38. The van der Waals surface area contributed by atoms with Gasteiger partial charge in [-0.1, -0.05) is 13.8 Å². The zero-order valence-corrected chi connectivity index (χ0v) is 30.1. The summed E-state index contributed by atoms with van der Waals surface area (Å²) in [6.45, 7) is 4.90. The minimum atomic E-state index is -1.33. The minimum Gasteiger partial charge on any atom is -0.480 e. The topological polar surface area (TPSA) is 341 Å². The number of aliphatic carboxylic acids is 1. The number of unbranched alkanes of at least 4 members (excludes halogenated alkanes) is 1. The third-order valence-electron chi connectivity index (χ3n) is 8.27. The van der Waals surface area contributed by atoms with Crippen LogP contribution in [0.2, 0.25) is 0 Å². The summed E-state index contributed by atoms with van der Waals surface area (Å²) >= 11 is 0. The van der Waals surface area contributed by atoms with Gasteiger partial charge in [-0.05, 0) is 70.8 Å². The van der Waals surface area contributed by atoms with Crippen molar-refractivity contribution in [2.75, 3.05) is 19.6 Å². The molecule has 0 aromatic heterocycles. The summed E-state index contributed by atoms with van der Waals surface area (Å²) in [5.74, 6) is -7.06. The first kappa shape index (κ1) is 45.2. The van der Waals surface area contributed by atoms with Crippen molar-refractivity contribution in [2.45, 2.75) is 121 Å². The monoisotopic (exact) mass is 740 g/mol. The van der Waals surface area contributed by atoms with Gasteiger partial charge in [0.2, 0.25) is 47.3 Å². The molecule has 8 amide bonds. The highest BCUT2D eigenvalue weighted by atomic mass is 16.4. The average Bonchev–Trinajstić information content (AvgIpc) is 3.56. The van der Waals surface area contributed by atoms with Crippen molar-refractivity contribution in [1.82, 2.24) is 31.5 Å². The van der Waals surface area contributed by atoms with Crippen molar-refractivity contribution < 1.29 is 48.3 Å². The van der Waals surface area contributed by atoms with Gasteiger partial charge < -0.3 is 59.5 Å². The molecule has 52 heavy (non-hydrogen) atoms. The molecule has 1 aliphatic rings. The fourth-order valence-corrected chi connectivity index (χ4v) is 5.43. The number of nitrogens with zero attached hydrogens (tertiary/aromatic N) is 1. The molecule has 20 nitrogen and oxygen atoms in total. The Kier molecular flexibility index (Phi) is 19.9. The van der Waals surface area contributed by atoms with E-state index in [9.17, 15) is 48.3 Å². The number of hydrogen-bond acceptors (Lipinski definition) is 11. The normalized spacial score (nSPS) is 16.8. The van der Waals surface area contributed by atoms with E-state index in [1.807, 2.05) is 0 Å². The van der Waals surface area contributed by atoms with E-state index in [0.29, 0.717) is 25.8 Å². The number of rotatable bonds is 24. The summed E-state index contributed by atoms with van der Waals surface area (Å²) in [7, 11) is 0. The summed E-state index contributed by atoms with van der Waals surface area (Å²) in [6, 6.07) is -6.84. The standard InChI is InChI=1S/C32H56N10O10/c1-17(2)15-22(29(48)38-18(3)27(46)41-21(32(51)52)7-4-5-13-33)39-26(45)16-37-28(47)20(10-12-25(36)44)40-30(49)23-8-6-14-42(23)31(50)19(34)9-11-24(35)43/h17-23H,4-16,33-34H2,1-3H3,(H2,35,43)(H2,36,44)(H,37,47)(H,38,48)(H,39,45)(H,40,49)(H,41,46)(H,51,52)/t18-,19-,20-,21-,22-,23-/m0/s1. The molecule has 0 bridgehead atoms. The lowest BCUT2D eigenvalue weighted by Gasteiger charge is -2.28. The SMILES string of the molecule is CC(C)C[C@H](NC(=O)CNC(=O)[C@H](CCC(N)=O)NC(=O)[C@@H]1CCCN1C(=O)[C@@H](N)CCC(N)=O)C(=O)N[C@@H](C)C(=O)N[C@@H](CCCCN)C(=O)O. The van der Waals surface area contributed by atoms with Crippen LogP contribution in [0.5, 0.6) is 0 Å². The Labute approximate surface area is 302 Å². The molecule has 1 heterocycles. The number of carboxylic acid groups (broad SMARTS) is 1. The number of nitrogens with one attached hydrogen (secondary N) is 5. The number of amides is 8. The molecule has 6 atom stereocenters. The van der Waals surface area contributed by atoms with Crippen LogP contribution in [0, 0.1) is 5.92 Å². The number of carbonyl (C=O) groups is 9. The van der Waals surface area contributed by atoms with Gasteiger partial charge >= 0.3 is 5.97 Å². The smallest absolute Gasteiger partial charge is 0.326 e. The highest BCUT2D eigenvalue weighted by Crippen LogP contribution is 2.20. The predicted octanol–water partition coefficient (Wildman–Crippen LogP) is -3.83. The van der Waals surface area contributed by atoms with E-state index in [4.69, 9.17) is 22.9 Å². The molecule has 20 heteroatoms. The number of carbonyl (C=O) groups excluding carboxylic acids is 8. The molecule has 0 saturated carbocycles. The number of primary amides is 2.